The molecule has 8 heteroatoms. The highest BCUT2D eigenvalue weighted by Crippen LogP contribution is 2.43. The van der Waals surface area contributed by atoms with E-state index in [-0.39, 0.29) is 12.6 Å². The Kier molecular flexibility index (Phi) is 7.85. The summed E-state index contributed by atoms with van der Waals surface area (Å²) in [5.41, 5.74) is 2.17. The Balaban J connectivity index is 1.92. The molecule has 1 aliphatic heterocycles. The van der Waals surface area contributed by atoms with Crippen LogP contribution in [0.3, 0.4) is 0 Å². The minimum atomic E-state index is -0.377. The summed E-state index contributed by atoms with van der Waals surface area (Å²) in [5, 5.41) is 0.828. The van der Waals surface area contributed by atoms with E-state index in [9.17, 15) is 4.79 Å². The Morgan fingerprint density at radius 1 is 1.21 bits per heavy atom. The van der Waals surface area contributed by atoms with Gasteiger partial charge >= 0.3 is 5.97 Å². The Morgan fingerprint density at radius 2 is 2.00 bits per heavy atom. The largest absolute Gasteiger partial charge is 0.489 e. The number of benzene rings is 1. The number of ether oxygens (including phenoxy) is 4. The van der Waals surface area contributed by atoms with Gasteiger partial charge in [-0.2, -0.15) is 0 Å². The fourth-order valence-electron chi connectivity index (χ4n) is 3.11. The summed E-state index contributed by atoms with van der Waals surface area (Å²) in [5.74, 6) is 0.380. The standard InChI is InChI=1S/C21H28N2O5S/c1-4-25-8-6-23-7-9-27-19-17(20-22-14-15(3)29-20)12-16(13-18(19)23)21(24)28-11-10-26-5-2/h12-14H,4-11H2,1-3H3. The first-order valence-corrected chi connectivity index (χ1v) is 10.8. The molecule has 0 unspecified atom stereocenters. The molecule has 0 fully saturated rings. The van der Waals surface area contributed by atoms with Gasteiger partial charge in [0.15, 0.2) is 5.75 Å². The maximum Gasteiger partial charge on any atom is 0.338 e. The van der Waals surface area contributed by atoms with Crippen LogP contribution in [-0.4, -0.2) is 63.7 Å². The number of nitrogens with zero attached hydrogens (tertiary/aromatic N) is 2. The Bertz CT molecular complexity index is 823. The SMILES string of the molecule is CCOCCOC(=O)c1cc(-c2ncc(C)s2)c2c(c1)N(CCOCC)CCO2. The fourth-order valence-corrected chi connectivity index (χ4v) is 3.88. The number of fused-ring (bicyclic) bond motifs is 1. The molecule has 158 valence electrons. The molecule has 2 aromatic rings. The van der Waals surface area contributed by atoms with E-state index in [2.05, 4.69) is 9.88 Å². The lowest BCUT2D eigenvalue weighted by atomic mass is 10.1. The van der Waals surface area contributed by atoms with Crippen molar-refractivity contribution in [1.29, 1.82) is 0 Å². The van der Waals surface area contributed by atoms with Crippen molar-refractivity contribution in [1.82, 2.24) is 4.98 Å². The van der Waals surface area contributed by atoms with Crippen LogP contribution in [0.15, 0.2) is 18.3 Å². The smallest absolute Gasteiger partial charge is 0.338 e. The van der Waals surface area contributed by atoms with Crippen molar-refractivity contribution in [3.05, 3.63) is 28.8 Å². The lowest BCUT2D eigenvalue weighted by Gasteiger charge is -2.32. The van der Waals surface area contributed by atoms with Gasteiger partial charge < -0.3 is 23.8 Å². The van der Waals surface area contributed by atoms with Gasteiger partial charge in [-0.25, -0.2) is 9.78 Å². The molecule has 0 aliphatic carbocycles. The number of aromatic nitrogens is 1. The van der Waals surface area contributed by atoms with Crippen LogP contribution < -0.4 is 9.64 Å². The molecule has 0 saturated heterocycles. The van der Waals surface area contributed by atoms with Crippen LogP contribution in [0.1, 0.15) is 29.1 Å². The van der Waals surface area contributed by atoms with Crippen LogP contribution in [-0.2, 0) is 14.2 Å². The normalized spacial score (nSPS) is 13.1. The number of thiazole rings is 1. The second-order valence-electron chi connectivity index (χ2n) is 6.51. The maximum atomic E-state index is 12.7. The lowest BCUT2D eigenvalue weighted by molar-refractivity contribution is 0.0335. The highest BCUT2D eigenvalue weighted by molar-refractivity contribution is 7.15. The molecular weight excluding hydrogens is 392 g/mol. The van der Waals surface area contributed by atoms with Crippen LogP contribution in [0.25, 0.3) is 10.6 Å². The van der Waals surface area contributed by atoms with E-state index in [1.807, 2.05) is 39.1 Å². The van der Waals surface area contributed by atoms with Crippen LogP contribution in [0.5, 0.6) is 5.75 Å². The number of esters is 1. The molecule has 29 heavy (non-hydrogen) atoms. The van der Waals surface area contributed by atoms with E-state index < -0.39 is 0 Å². The summed E-state index contributed by atoms with van der Waals surface area (Å²) in [7, 11) is 0. The molecule has 2 heterocycles. The zero-order valence-corrected chi connectivity index (χ0v) is 18.0. The number of hydrogen-bond acceptors (Lipinski definition) is 8. The highest BCUT2D eigenvalue weighted by Gasteiger charge is 2.26. The first-order chi connectivity index (χ1) is 14.1. The predicted molar refractivity (Wildman–Crippen MR) is 113 cm³/mol. The summed E-state index contributed by atoms with van der Waals surface area (Å²) >= 11 is 1.57. The predicted octanol–water partition coefficient (Wildman–Crippen LogP) is 3.55. The van der Waals surface area contributed by atoms with Crippen LogP contribution in [0.4, 0.5) is 5.69 Å². The summed E-state index contributed by atoms with van der Waals surface area (Å²) in [6, 6.07) is 3.65. The maximum absolute atomic E-state index is 12.7. The van der Waals surface area contributed by atoms with E-state index in [0.29, 0.717) is 38.6 Å². The quantitative estimate of drug-likeness (QED) is 0.430. The first kappa shape index (κ1) is 21.5. The van der Waals surface area contributed by atoms with Gasteiger partial charge in [0.2, 0.25) is 0 Å². The summed E-state index contributed by atoms with van der Waals surface area (Å²) in [6.07, 6.45) is 1.83. The molecule has 0 bridgehead atoms. The molecule has 1 aromatic carbocycles. The fraction of sp³-hybridized carbons (Fsp3) is 0.524. The highest BCUT2D eigenvalue weighted by atomic mass is 32.1. The first-order valence-electron chi connectivity index (χ1n) is 9.95. The van der Waals surface area contributed by atoms with Gasteiger partial charge in [-0.3, -0.25) is 0 Å². The van der Waals surface area contributed by atoms with Gasteiger partial charge in [0.05, 0.1) is 36.6 Å². The number of anilines is 1. The molecule has 1 aliphatic rings. The third-order valence-electron chi connectivity index (χ3n) is 4.48. The van der Waals surface area contributed by atoms with Crippen molar-refractivity contribution >= 4 is 23.0 Å². The van der Waals surface area contributed by atoms with Gasteiger partial charge in [0.25, 0.3) is 0 Å². The van der Waals surface area contributed by atoms with E-state index in [1.165, 1.54) is 0 Å². The minimum absolute atomic E-state index is 0.222. The monoisotopic (exact) mass is 420 g/mol. The molecule has 3 rings (SSSR count). The van der Waals surface area contributed by atoms with Crippen molar-refractivity contribution < 1.29 is 23.7 Å². The Labute approximate surface area is 175 Å². The number of aryl methyl sites for hydroxylation is 1. The average molecular weight is 421 g/mol. The summed E-state index contributed by atoms with van der Waals surface area (Å²) in [6.45, 7) is 10.4. The summed E-state index contributed by atoms with van der Waals surface area (Å²) in [4.78, 5) is 20.5. The zero-order valence-electron chi connectivity index (χ0n) is 17.2. The van der Waals surface area contributed by atoms with E-state index in [0.717, 1.165) is 40.0 Å². The molecular formula is C21H28N2O5S. The second kappa shape index (κ2) is 10.6. The molecule has 0 spiro atoms. The second-order valence-corrected chi connectivity index (χ2v) is 7.75. The molecule has 0 N–H and O–H groups in total. The van der Waals surface area contributed by atoms with Crippen molar-refractivity contribution in [2.24, 2.45) is 0 Å². The molecule has 0 amide bonds. The van der Waals surface area contributed by atoms with Gasteiger partial charge in [-0.1, -0.05) is 0 Å². The van der Waals surface area contributed by atoms with E-state index in [4.69, 9.17) is 18.9 Å². The van der Waals surface area contributed by atoms with Gasteiger partial charge in [-0.05, 0) is 32.9 Å². The third-order valence-corrected chi connectivity index (χ3v) is 5.43. The van der Waals surface area contributed by atoms with E-state index >= 15 is 0 Å². The Morgan fingerprint density at radius 3 is 2.72 bits per heavy atom. The van der Waals surface area contributed by atoms with Crippen molar-refractivity contribution in [3.63, 3.8) is 0 Å². The van der Waals surface area contributed by atoms with Crippen LogP contribution >= 0.6 is 11.3 Å². The number of carbonyl (C=O) groups excluding carboxylic acids is 1. The molecule has 7 nitrogen and oxygen atoms in total. The number of carbonyl (C=O) groups is 1. The zero-order chi connectivity index (χ0) is 20.6. The van der Waals surface area contributed by atoms with Crippen LogP contribution in [0.2, 0.25) is 0 Å². The average Bonchev–Trinajstić information content (AvgIpc) is 3.16. The van der Waals surface area contributed by atoms with E-state index in [1.54, 1.807) is 11.3 Å². The molecule has 0 radical (unpaired) electrons. The lowest BCUT2D eigenvalue weighted by Crippen LogP contribution is -2.35. The van der Waals surface area contributed by atoms with Crippen molar-refractivity contribution in [2.75, 3.05) is 57.6 Å². The summed E-state index contributed by atoms with van der Waals surface area (Å²) < 4.78 is 22.2. The Hall–Kier alpha value is -2.16. The van der Waals surface area contributed by atoms with Crippen molar-refractivity contribution in [2.45, 2.75) is 20.8 Å². The van der Waals surface area contributed by atoms with Gasteiger partial charge in [0.1, 0.15) is 18.2 Å². The number of rotatable bonds is 10. The molecule has 0 atom stereocenters. The van der Waals surface area contributed by atoms with Gasteiger partial charge in [-0.15, -0.1) is 11.3 Å². The minimum Gasteiger partial charge on any atom is -0.489 e. The van der Waals surface area contributed by atoms with Gasteiger partial charge in [0, 0.05) is 30.8 Å². The number of hydrogen-bond donors (Lipinski definition) is 0. The molecule has 0 saturated carbocycles. The van der Waals surface area contributed by atoms with Crippen molar-refractivity contribution in [3.8, 4) is 16.3 Å². The molecule has 1 aromatic heterocycles. The third kappa shape index (κ3) is 5.46. The topological polar surface area (TPSA) is 70.1 Å². The van der Waals surface area contributed by atoms with Crippen LogP contribution in [0, 0.1) is 6.92 Å².